The van der Waals surface area contributed by atoms with Crippen molar-refractivity contribution in [3.05, 3.63) is 28.8 Å². The molecule has 0 unspecified atom stereocenters. The first-order valence-electron chi connectivity index (χ1n) is 4.60. The number of rotatable bonds is 3. The Bertz CT molecular complexity index is 370. The van der Waals surface area contributed by atoms with Gasteiger partial charge in [-0.2, -0.15) is 0 Å². The zero-order chi connectivity index (χ0) is 10.1. The maximum absolute atomic E-state index is 11.8. The Morgan fingerprint density at radius 2 is 2.21 bits per heavy atom. The molecule has 1 aromatic rings. The van der Waals surface area contributed by atoms with Crippen LogP contribution in [-0.2, 0) is 0 Å². The molecular weight excluding hydrogens is 200 g/mol. The Morgan fingerprint density at radius 1 is 1.50 bits per heavy atom. The van der Waals surface area contributed by atoms with E-state index in [0.29, 0.717) is 16.3 Å². The summed E-state index contributed by atoms with van der Waals surface area (Å²) < 4.78 is 5.05. The summed E-state index contributed by atoms with van der Waals surface area (Å²) in [6, 6.07) is 5.17. The van der Waals surface area contributed by atoms with Gasteiger partial charge in [0.2, 0.25) is 0 Å². The lowest BCUT2D eigenvalue weighted by atomic mass is 10.1. The molecule has 0 N–H and O–H groups in total. The first kappa shape index (κ1) is 9.53. The van der Waals surface area contributed by atoms with Gasteiger partial charge >= 0.3 is 0 Å². The second-order valence-electron chi connectivity index (χ2n) is 3.48. The van der Waals surface area contributed by atoms with Crippen molar-refractivity contribution in [3.8, 4) is 5.75 Å². The number of ether oxygens (including phenoxy) is 1. The Labute approximate surface area is 87.8 Å². The summed E-state index contributed by atoms with van der Waals surface area (Å²) in [7, 11) is 1.58. The second-order valence-corrected chi connectivity index (χ2v) is 3.89. The van der Waals surface area contributed by atoms with Gasteiger partial charge in [0, 0.05) is 11.5 Å². The number of ketones is 1. The van der Waals surface area contributed by atoms with Crippen LogP contribution in [0.15, 0.2) is 18.2 Å². The Balaban J connectivity index is 2.34. The molecule has 1 aliphatic rings. The zero-order valence-electron chi connectivity index (χ0n) is 7.92. The molecule has 0 bridgehead atoms. The van der Waals surface area contributed by atoms with Gasteiger partial charge in [0.05, 0.1) is 12.1 Å². The fourth-order valence-corrected chi connectivity index (χ4v) is 1.60. The quantitative estimate of drug-likeness (QED) is 0.717. The number of carbonyl (C=O) groups is 1. The predicted molar refractivity (Wildman–Crippen MR) is 55.1 cm³/mol. The number of benzene rings is 1. The molecule has 0 spiro atoms. The first-order valence-corrected chi connectivity index (χ1v) is 4.98. The highest BCUT2D eigenvalue weighted by Gasteiger charge is 2.31. The monoisotopic (exact) mass is 210 g/mol. The van der Waals surface area contributed by atoms with Crippen LogP contribution in [-0.4, -0.2) is 12.9 Å². The van der Waals surface area contributed by atoms with Crippen LogP contribution >= 0.6 is 11.6 Å². The van der Waals surface area contributed by atoms with E-state index in [2.05, 4.69) is 0 Å². The highest BCUT2D eigenvalue weighted by molar-refractivity contribution is 6.34. The van der Waals surface area contributed by atoms with Crippen molar-refractivity contribution in [2.45, 2.75) is 12.8 Å². The molecule has 0 saturated heterocycles. The van der Waals surface area contributed by atoms with Gasteiger partial charge in [-0.3, -0.25) is 4.79 Å². The standard InChI is InChI=1S/C11H11ClO2/c1-14-8-4-5-10(12)9(6-8)11(13)7-2-3-7/h4-7H,2-3H2,1H3. The van der Waals surface area contributed by atoms with Crippen LogP contribution in [0.1, 0.15) is 23.2 Å². The van der Waals surface area contributed by atoms with Gasteiger partial charge in [0.25, 0.3) is 0 Å². The van der Waals surface area contributed by atoms with Crippen LogP contribution in [0.2, 0.25) is 5.02 Å². The summed E-state index contributed by atoms with van der Waals surface area (Å²) in [6.07, 6.45) is 1.98. The van der Waals surface area contributed by atoms with E-state index >= 15 is 0 Å². The smallest absolute Gasteiger partial charge is 0.167 e. The molecule has 0 radical (unpaired) electrons. The van der Waals surface area contributed by atoms with Crippen molar-refractivity contribution in [2.24, 2.45) is 5.92 Å². The van der Waals surface area contributed by atoms with Crippen LogP contribution in [0.4, 0.5) is 0 Å². The molecule has 0 atom stereocenters. The molecule has 0 aromatic heterocycles. The highest BCUT2D eigenvalue weighted by atomic mass is 35.5. The summed E-state index contributed by atoms with van der Waals surface area (Å²) in [5, 5.41) is 0.516. The number of hydrogen-bond acceptors (Lipinski definition) is 2. The number of hydrogen-bond donors (Lipinski definition) is 0. The third-order valence-corrected chi connectivity index (χ3v) is 2.72. The molecule has 3 heteroatoms. The Hall–Kier alpha value is -1.02. The average molecular weight is 211 g/mol. The van der Waals surface area contributed by atoms with Gasteiger partial charge in [-0.15, -0.1) is 0 Å². The van der Waals surface area contributed by atoms with E-state index in [9.17, 15) is 4.79 Å². The van der Waals surface area contributed by atoms with E-state index in [1.807, 2.05) is 0 Å². The van der Waals surface area contributed by atoms with Gasteiger partial charge < -0.3 is 4.74 Å². The largest absolute Gasteiger partial charge is 0.497 e. The Kier molecular flexibility index (Phi) is 2.46. The molecule has 74 valence electrons. The fraction of sp³-hybridized carbons (Fsp3) is 0.364. The third kappa shape index (κ3) is 1.75. The minimum absolute atomic E-state index is 0.147. The average Bonchev–Trinajstić information content (AvgIpc) is 3.01. The second kappa shape index (κ2) is 3.62. The molecule has 1 aromatic carbocycles. The van der Waals surface area contributed by atoms with E-state index in [-0.39, 0.29) is 11.7 Å². The summed E-state index contributed by atoms with van der Waals surface area (Å²) in [5.41, 5.74) is 0.591. The topological polar surface area (TPSA) is 26.3 Å². The zero-order valence-corrected chi connectivity index (χ0v) is 8.67. The fourth-order valence-electron chi connectivity index (χ4n) is 1.39. The molecule has 2 nitrogen and oxygen atoms in total. The highest BCUT2D eigenvalue weighted by Crippen LogP contribution is 2.35. The van der Waals surface area contributed by atoms with E-state index in [1.165, 1.54) is 0 Å². The van der Waals surface area contributed by atoms with E-state index in [1.54, 1.807) is 25.3 Å². The lowest BCUT2D eigenvalue weighted by molar-refractivity contribution is 0.0967. The van der Waals surface area contributed by atoms with E-state index in [0.717, 1.165) is 12.8 Å². The summed E-state index contributed by atoms with van der Waals surface area (Å²) in [4.78, 5) is 11.8. The van der Waals surface area contributed by atoms with Gasteiger partial charge in [0.15, 0.2) is 5.78 Å². The number of halogens is 1. The molecule has 1 aliphatic carbocycles. The molecule has 1 fully saturated rings. The lowest BCUT2D eigenvalue weighted by Crippen LogP contribution is -2.02. The maximum Gasteiger partial charge on any atom is 0.167 e. The predicted octanol–water partition coefficient (Wildman–Crippen LogP) is 2.94. The van der Waals surface area contributed by atoms with Crippen LogP contribution in [0.5, 0.6) is 5.75 Å². The molecule has 0 amide bonds. The molecular formula is C11H11ClO2. The molecule has 0 aliphatic heterocycles. The van der Waals surface area contributed by atoms with Gasteiger partial charge in [-0.05, 0) is 31.0 Å². The van der Waals surface area contributed by atoms with Crippen LogP contribution in [0.3, 0.4) is 0 Å². The van der Waals surface area contributed by atoms with Crippen molar-refractivity contribution in [1.82, 2.24) is 0 Å². The van der Waals surface area contributed by atoms with E-state index in [4.69, 9.17) is 16.3 Å². The third-order valence-electron chi connectivity index (χ3n) is 2.39. The SMILES string of the molecule is COc1ccc(Cl)c(C(=O)C2CC2)c1. The summed E-state index contributed by atoms with van der Waals surface area (Å²) in [5.74, 6) is 1.02. The molecule has 0 heterocycles. The number of carbonyl (C=O) groups excluding carboxylic acids is 1. The molecule has 1 saturated carbocycles. The van der Waals surface area contributed by atoms with Crippen LogP contribution in [0, 0.1) is 5.92 Å². The Morgan fingerprint density at radius 3 is 2.79 bits per heavy atom. The minimum atomic E-state index is 0.147. The van der Waals surface area contributed by atoms with Gasteiger partial charge in [-0.1, -0.05) is 11.6 Å². The van der Waals surface area contributed by atoms with Crippen molar-refractivity contribution < 1.29 is 9.53 Å². The number of Topliss-reactive ketones (excluding diaryl/α,β-unsaturated/α-hetero) is 1. The molecule has 14 heavy (non-hydrogen) atoms. The maximum atomic E-state index is 11.8. The van der Waals surface area contributed by atoms with E-state index < -0.39 is 0 Å². The lowest BCUT2D eigenvalue weighted by Gasteiger charge is -2.05. The van der Waals surface area contributed by atoms with Gasteiger partial charge in [-0.25, -0.2) is 0 Å². The van der Waals surface area contributed by atoms with Crippen LogP contribution in [0.25, 0.3) is 0 Å². The number of methoxy groups -OCH3 is 1. The van der Waals surface area contributed by atoms with Crippen molar-refractivity contribution in [3.63, 3.8) is 0 Å². The first-order chi connectivity index (χ1) is 6.72. The van der Waals surface area contributed by atoms with Crippen molar-refractivity contribution in [2.75, 3.05) is 7.11 Å². The minimum Gasteiger partial charge on any atom is -0.497 e. The summed E-state index contributed by atoms with van der Waals surface area (Å²) >= 11 is 5.94. The van der Waals surface area contributed by atoms with Crippen molar-refractivity contribution >= 4 is 17.4 Å². The summed E-state index contributed by atoms with van der Waals surface area (Å²) in [6.45, 7) is 0. The molecule has 2 rings (SSSR count). The van der Waals surface area contributed by atoms with Crippen LogP contribution < -0.4 is 4.74 Å². The normalized spacial score (nSPS) is 15.3. The van der Waals surface area contributed by atoms with Crippen molar-refractivity contribution in [1.29, 1.82) is 0 Å². The van der Waals surface area contributed by atoms with Gasteiger partial charge in [0.1, 0.15) is 5.75 Å².